The Kier molecular flexibility index (Phi) is 3.89. The van der Waals surface area contributed by atoms with Crippen LogP contribution >= 0.6 is 0 Å². The van der Waals surface area contributed by atoms with Gasteiger partial charge in [-0.25, -0.2) is 8.78 Å². The first-order chi connectivity index (χ1) is 9.08. The number of amides is 2. The lowest BCUT2D eigenvalue weighted by atomic mass is 10.2. The standard InChI is InChI=1S/C13H12F2N2O2/c14-10-2-1-3-11(15)9(10)4-5-13(19)17-7-6-16-12(18)8-17/h1-5H,6-8H2,(H,16,18). The van der Waals surface area contributed by atoms with Crippen LogP contribution in [0.1, 0.15) is 5.56 Å². The summed E-state index contributed by atoms with van der Waals surface area (Å²) >= 11 is 0. The average Bonchev–Trinajstić information content (AvgIpc) is 2.38. The maximum Gasteiger partial charge on any atom is 0.247 e. The van der Waals surface area contributed by atoms with Crippen molar-refractivity contribution in [1.82, 2.24) is 10.2 Å². The van der Waals surface area contributed by atoms with Gasteiger partial charge in [-0.1, -0.05) is 6.07 Å². The first kappa shape index (κ1) is 13.2. The number of hydrogen-bond acceptors (Lipinski definition) is 2. The van der Waals surface area contributed by atoms with Crippen LogP contribution in [-0.2, 0) is 9.59 Å². The van der Waals surface area contributed by atoms with Crippen LogP contribution in [0.2, 0.25) is 0 Å². The molecule has 0 saturated carbocycles. The second-order valence-electron chi connectivity index (χ2n) is 4.08. The van der Waals surface area contributed by atoms with Gasteiger partial charge in [0.1, 0.15) is 11.6 Å². The lowest BCUT2D eigenvalue weighted by molar-refractivity contribution is -0.134. The number of nitrogens with zero attached hydrogens (tertiary/aromatic N) is 1. The molecule has 2 rings (SSSR count). The van der Waals surface area contributed by atoms with Crippen molar-refractivity contribution in [3.05, 3.63) is 41.5 Å². The molecule has 0 radical (unpaired) electrons. The summed E-state index contributed by atoms with van der Waals surface area (Å²) in [6.07, 6.45) is 2.15. The minimum Gasteiger partial charge on any atom is -0.353 e. The molecule has 1 N–H and O–H groups in total. The van der Waals surface area contributed by atoms with Crippen molar-refractivity contribution in [3.63, 3.8) is 0 Å². The van der Waals surface area contributed by atoms with Gasteiger partial charge in [0.15, 0.2) is 0 Å². The van der Waals surface area contributed by atoms with E-state index in [1.165, 1.54) is 11.0 Å². The third kappa shape index (κ3) is 3.15. The Balaban J connectivity index is 2.10. The molecular formula is C13H12F2N2O2. The van der Waals surface area contributed by atoms with Crippen LogP contribution in [-0.4, -0.2) is 36.3 Å². The maximum absolute atomic E-state index is 13.3. The SMILES string of the molecule is O=C1CN(C(=O)C=Cc2c(F)cccc2F)CCN1. The van der Waals surface area contributed by atoms with Gasteiger partial charge in [0, 0.05) is 24.7 Å². The van der Waals surface area contributed by atoms with Crippen LogP contribution in [0.15, 0.2) is 24.3 Å². The van der Waals surface area contributed by atoms with Crippen LogP contribution in [0.3, 0.4) is 0 Å². The van der Waals surface area contributed by atoms with Crippen LogP contribution in [0.5, 0.6) is 0 Å². The number of carbonyl (C=O) groups is 2. The molecule has 0 aliphatic carbocycles. The van der Waals surface area contributed by atoms with Gasteiger partial charge in [-0.15, -0.1) is 0 Å². The van der Waals surface area contributed by atoms with E-state index in [2.05, 4.69) is 5.32 Å². The summed E-state index contributed by atoms with van der Waals surface area (Å²) in [4.78, 5) is 24.2. The zero-order valence-corrected chi connectivity index (χ0v) is 10.0. The fraction of sp³-hybridized carbons (Fsp3) is 0.231. The Labute approximate surface area is 108 Å². The minimum absolute atomic E-state index is 0.0388. The highest BCUT2D eigenvalue weighted by atomic mass is 19.1. The Morgan fingerprint density at radius 3 is 2.63 bits per heavy atom. The number of rotatable bonds is 2. The Hall–Kier alpha value is -2.24. The van der Waals surface area contributed by atoms with Crippen molar-refractivity contribution in [2.24, 2.45) is 0 Å². The van der Waals surface area contributed by atoms with Crippen LogP contribution in [0.4, 0.5) is 8.78 Å². The summed E-state index contributed by atoms with van der Waals surface area (Å²) in [5.41, 5.74) is -0.266. The van der Waals surface area contributed by atoms with Gasteiger partial charge in [0.2, 0.25) is 11.8 Å². The van der Waals surface area contributed by atoms with Gasteiger partial charge in [-0.3, -0.25) is 9.59 Å². The molecule has 19 heavy (non-hydrogen) atoms. The summed E-state index contributed by atoms with van der Waals surface area (Å²) in [6, 6.07) is 3.47. The molecule has 0 unspecified atom stereocenters. The zero-order valence-electron chi connectivity index (χ0n) is 10.0. The molecule has 1 heterocycles. The monoisotopic (exact) mass is 266 g/mol. The van der Waals surface area contributed by atoms with Crippen LogP contribution in [0, 0.1) is 11.6 Å². The van der Waals surface area contributed by atoms with Crippen molar-refractivity contribution >= 4 is 17.9 Å². The van der Waals surface area contributed by atoms with Crippen molar-refractivity contribution in [1.29, 1.82) is 0 Å². The third-order valence-electron chi connectivity index (χ3n) is 2.74. The Morgan fingerprint density at radius 1 is 1.32 bits per heavy atom. The predicted molar refractivity (Wildman–Crippen MR) is 65.0 cm³/mol. The molecule has 1 aliphatic heterocycles. The smallest absolute Gasteiger partial charge is 0.247 e. The number of hydrogen-bond donors (Lipinski definition) is 1. The summed E-state index contributed by atoms with van der Waals surface area (Å²) in [6.45, 7) is 0.726. The van der Waals surface area contributed by atoms with Crippen molar-refractivity contribution < 1.29 is 18.4 Å². The third-order valence-corrected chi connectivity index (χ3v) is 2.74. The van der Waals surface area contributed by atoms with Gasteiger partial charge >= 0.3 is 0 Å². The number of piperazine rings is 1. The fourth-order valence-corrected chi connectivity index (χ4v) is 1.76. The summed E-state index contributed by atoms with van der Waals surface area (Å²) in [7, 11) is 0. The van der Waals surface area contributed by atoms with Gasteiger partial charge in [-0.05, 0) is 18.2 Å². The largest absolute Gasteiger partial charge is 0.353 e. The van der Waals surface area contributed by atoms with E-state index in [0.29, 0.717) is 13.1 Å². The lowest BCUT2D eigenvalue weighted by Crippen LogP contribution is -2.49. The quantitative estimate of drug-likeness (QED) is 0.810. The predicted octanol–water partition coefficient (Wildman–Crippen LogP) is 0.936. The molecule has 4 nitrogen and oxygen atoms in total. The summed E-state index contributed by atoms with van der Waals surface area (Å²) in [5, 5.41) is 2.58. The van der Waals surface area contributed by atoms with Crippen molar-refractivity contribution in [2.45, 2.75) is 0 Å². The summed E-state index contributed by atoms with van der Waals surface area (Å²) in [5.74, 6) is -2.16. The van der Waals surface area contributed by atoms with Crippen molar-refractivity contribution in [3.8, 4) is 0 Å². The van der Waals surface area contributed by atoms with E-state index in [-0.39, 0.29) is 18.0 Å². The number of halogens is 2. The van der Waals surface area contributed by atoms with E-state index in [1.54, 1.807) is 0 Å². The molecule has 6 heteroatoms. The van der Waals surface area contributed by atoms with E-state index in [4.69, 9.17) is 0 Å². The molecule has 0 spiro atoms. The molecule has 1 aliphatic rings. The highest BCUT2D eigenvalue weighted by Crippen LogP contribution is 2.13. The molecular weight excluding hydrogens is 254 g/mol. The van der Waals surface area contributed by atoms with Crippen LogP contribution < -0.4 is 5.32 Å². The van der Waals surface area contributed by atoms with E-state index in [9.17, 15) is 18.4 Å². The Bertz CT molecular complexity index is 523. The number of nitrogens with one attached hydrogen (secondary N) is 1. The van der Waals surface area contributed by atoms with E-state index in [1.807, 2.05) is 0 Å². The Morgan fingerprint density at radius 2 is 2.00 bits per heavy atom. The summed E-state index contributed by atoms with van der Waals surface area (Å²) < 4.78 is 26.6. The topological polar surface area (TPSA) is 49.4 Å². The van der Waals surface area contributed by atoms with Gasteiger partial charge in [0.25, 0.3) is 0 Å². The molecule has 1 fully saturated rings. The molecule has 0 atom stereocenters. The van der Waals surface area contributed by atoms with Gasteiger partial charge < -0.3 is 10.2 Å². The van der Waals surface area contributed by atoms with E-state index < -0.39 is 17.5 Å². The van der Waals surface area contributed by atoms with E-state index >= 15 is 0 Å². The first-order valence-electron chi connectivity index (χ1n) is 5.75. The highest BCUT2D eigenvalue weighted by molar-refractivity contribution is 5.95. The molecule has 100 valence electrons. The normalized spacial score (nSPS) is 15.7. The zero-order chi connectivity index (χ0) is 13.8. The fourth-order valence-electron chi connectivity index (χ4n) is 1.76. The van der Waals surface area contributed by atoms with Gasteiger partial charge in [-0.2, -0.15) is 0 Å². The number of benzene rings is 1. The average molecular weight is 266 g/mol. The second kappa shape index (κ2) is 5.60. The number of carbonyl (C=O) groups excluding carboxylic acids is 2. The lowest BCUT2D eigenvalue weighted by Gasteiger charge is -2.25. The van der Waals surface area contributed by atoms with E-state index in [0.717, 1.165) is 24.3 Å². The molecule has 1 aromatic rings. The molecule has 1 aromatic carbocycles. The second-order valence-corrected chi connectivity index (χ2v) is 4.08. The molecule has 0 bridgehead atoms. The molecule has 1 saturated heterocycles. The maximum atomic E-state index is 13.3. The van der Waals surface area contributed by atoms with Crippen molar-refractivity contribution in [2.75, 3.05) is 19.6 Å². The minimum atomic E-state index is -0.736. The van der Waals surface area contributed by atoms with Crippen LogP contribution in [0.25, 0.3) is 6.08 Å². The first-order valence-corrected chi connectivity index (χ1v) is 5.75. The molecule has 0 aromatic heterocycles. The highest BCUT2D eigenvalue weighted by Gasteiger charge is 2.19. The van der Waals surface area contributed by atoms with Gasteiger partial charge in [0.05, 0.1) is 6.54 Å². The molecule has 2 amide bonds.